The third-order valence-electron chi connectivity index (χ3n) is 3.65. The quantitative estimate of drug-likeness (QED) is 0.550. The summed E-state index contributed by atoms with van der Waals surface area (Å²) in [5.74, 6) is 0.442. The highest BCUT2D eigenvalue weighted by Crippen LogP contribution is 2.25. The molecule has 2 aromatic carbocycles. The molecule has 2 aromatic rings. The van der Waals surface area contributed by atoms with Gasteiger partial charge >= 0.3 is 0 Å². The first kappa shape index (κ1) is 18.7. The maximum absolute atomic E-state index is 11.2. The van der Waals surface area contributed by atoms with E-state index in [1.165, 1.54) is 0 Å². The zero-order valence-corrected chi connectivity index (χ0v) is 13.8. The molecule has 0 heterocycles. The fraction of sp³-hybridized carbons (Fsp3) is 0.278. The van der Waals surface area contributed by atoms with Crippen LogP contribution in [0.25, 0.3) is 0 Å². The van der Waals surface area contributed by atoms with E-state index in [9.17, 15) is 4.79 Å². The second-order valence-electron chi connectivity index (χ2n) is 5.38. The molecule has 23 heavy (non-hydrogen) atoms. The van der Waals surface area contributed by atoms with Crippen LogP contribution in [0.2, 0.25) is 0 Å². The lowest BCUT2D eigenvalue weighted by Gasteiger charge is -2.16. The van der Waals surface area contributed by atoms with E-state index in [1.54, 1.807) is 5.48 Å². The van der Waals surface area contributed by atoms with Crippen LogP contribution >= 0.6 is 0 Å². The molecule has 2 unspecified atom stereocenters. The van der Waals surface area contributed by atoms with E-state index >= 15 is 0 Å². The molecule has 2 atom stereocenters. The number of nitrogens with one attached hydrogen (secondary N) is 1. The van der Waals surface area contributed by atoms with Crippen LogP contribution in [-0.2, 0) is 4.79 Å². The molecule has 1 amide bonds. The molecule has 0 bridgehead atoms. The van der Waals surface area contributed by atoms with Crippen LogP contribution in [0.4, 0.5) is 0 Å². The van der Waals surface area contributed by atoms with Crippen LogP contribution in [0.3, 0.4) is 0 Å². The number of carbonyl (C=O) groups excluding carboxylic acids is 1. The smallest absolute Gasteiger partial charge is 0.243 e. The van der Waals surface area contributed by atoms with E-state index in [2.05, 4.69) is 0 Å². The molecule has 0 spiro atoms. The molecule has 0 aliphatic heterocycles. The number of carbonyl (C=O) groups is 1. The van der Waals surface area contributed by atoms with Gasteiger partial charge in [0.05, 0.1) is 0 Å². The Labute approximate surface area is 136 Å². The van der Waals surface area contributed by atoms with E-state index < -0.39 is 0 Å². The van der Waals surface area contributed by atoms with Gasteiger partial charge in [0, 0.05) is 6.42 Å². The van der Waals surface area contributed by atoms with Gasteiger partial charge in [0.2, 0.25) is 5.91 Å². The zero-order chi connectivity index (χ0) is 15.9. The Bertz CT molecular complexity index is 599. The summed E-state index contributed by atoms with van der Waals surface area (Å²) in [6.07, 6.45) is 0.224. The predicted octanol–water partition coefficient (Wildman–Crippen LogP) is 4.20. The van der Waals surface area contributed by atoms with Gasteiger partial charge in [-0.05, 0) is 36.1 Å². The summed E-state index contributed by atoms with van der Waals surface area (Å²) in [5.41, 5.74) is 3.81. The van der Waals surface area contributed by atoms with Crippen molar-refractivity contribution in [3.63, 3.8) is 0 Å². The van der Waals surface area contributed by atoms with E-state index in [-0.39, 0.29) is 30.5 Å². The lowest BCUT2D eigenvalue weighted by atomic mass is 9.97. The standard InChI is InChI=1S/C18H21NO3.H3N/c1-13(12-18(20)19-21)15-8-10-17(11-9-15)22-14(2)16-6-4-3-5-7-16;/h3-11,13-14,21H,12H2,1-2H3,(H,19,20);1H3/p+1. The second-order valence-corrected chi connectivity index (χ2v) is 5.38. The van der Waals surface area contributed by atoms with Gasteiger partial charge in [0.15, 0.2) is 0 Å². The Morgan fingerprint density at radius 3 is 2.22 bits per heavy atom. The highest BCUT2D eigenvalue weighted by atomic mass is 16.5. The Kier molecular flexibility index (Phi) is 7.25. The minimum absolute atomic E-state index is 0. The van der Waals surface area contributed by atoms with Crippen molar-refractivity contribution in [2.24, 2.45) is 0 Å². The van der Waals surface area contributed by atoms with Crippen molar-refractivity contribution in [2.45, 2.75) is 32.3 Å². The molecule has 2 rings (SSSR count). The molecular formula is C18H25N2O3+. The number of quaternary nitrogens is 1. The number of ether oxygens (including phenoxy) is 1. The first-order valence-corrected chi connectivity index (χ1v) is 7.34. The summed E-state index contributed by atoms with van der Waals surface area (Å²) in [6, 6.07) is 17.7. The second kappa shape index (κ2) is 8.92. The van der Waals surface area contributed by atoms with Crippen molar-refractivity contribution in [1.82, 2.24) is 11.6 Å². The molecule has 0 aliphatic carbocycles. The molecule has 0 aromatic heterocycles. The zero-order valence-electron chi connectivity index (χ0n) is 13.8. The molecule has 124 valence electrons. The van der Waals surface area contributed by atoms with Gasteiger partial charge in [0.1, 0.15) is 11.9 Å². The molecule has 0 radical (unpaired) electrons. The van der Waals surface area contributed by atoms with Crippen molar-refractivity contribution in [3.8, 4) is 5.75 Å². The summed E-state index contributed by atoms with van der Waals surface area (Å²) in [6.45, 7) is 3.95. The number of hydroxylamine groups is 1. The van der Waals surface area contributed by atoms with Gasteiger partial charge in [-0.3, -0.25) is 10.0 Å². The van der Waals surface area contributed by atoms with Crippen molar-refractivity contribution < 1.29 is 14.7 Å². The molecule has 6 N–H and O–H groups in total. The van der Waals surface area contributed by atoms with Crippen LogP contribution < -0.4 is 16.4 Å². The molecular weight excluding hydrogens is 292 g/mol. The van der Waals surface area contributed by atoms with Crippen molar-refractivity contribution in [3.05, 3.63) is 65.7 Å². The summed E-state index contributed by atoms with van der Waals surface area (Å²) >= 11 is 0. The average Bonchev–Trinajstić information content (AvgIpc) is 2.56. The van der Waals surface area contributed by atoms with E-state index in [0.29, 0.717) is 0 Å². The molecule has 0 saturated carbocycles. The maximum atomic E-state index is 11.2. The first-order valence-electron chi connectivity index (χ1n) is 7.34. The van der Waals surface area contributed by atoms with Crippen LogP contribution in [0.15, 0.2) is 54.6 Å². The van der Waals surface area contributed by atoms with Gasteiger partial charge < -0.3 is 10.9 Å². The molecule has 0 aliphatic rings. The third kappa shape index (κ3) is 5.39. The lowest BCUT2D eigenvalue weighted by molar-refractivity contribution is -0.129. The van der Waals surface area contributed by atoms with Crippen LogP contribution in [0, 0.1) is 0 Å². The Hall–Kier alpha value is -2.37. The van der Waals surface area contributed by atoms with E-state index in [1.807, 2.05) is 68.4 Å². The summed E-state index contributed by atoms with van der Waals surface area (Å²) in [5, 5.41) is 8.56. The fourth-order valence-corrected chi connectivity index (χ4v) is 2.31. The topological polar surface area (TPSA) is 95.1 Å². The lowest BCUT2D eigenvalue weighted by Crippen LogP contribution is -2.20. The van der Waals surface area contributed by atoms with Gasteiger partial charge in [-0.2, -0.15) is 0 Å². The molecule has 0 saturated heterocycles. The average molecular weight is 317 g/mol. The highest BCUT2D eigenvalue weighted by Gasteiger charge is 2.11. The van der Waals surface area contributed by atoms with E-state index in [0.717, 1.165) is 16.9 Å². The van der Waals surface area contributed by atoms with Gasteiger partial charge in [-0.15, -0.1) is 0 Å². The molecule has 5 heteroatoms. The number of amides is 1. The highest BCUT2D eigenvalue weighted by molar-refractivity contribution is 5.75. The number of hydrogen-bond donors (Lipinski definition) is 3. The van der Waals surface area contributed by atoms with Crippen molar-refractivity contribution in [1.29, 1.82) is 0 Å². The Balaban J connectivity index is 0.00000264. The SMILES string of the molecule is CC(CC(=O)NO)c1ccc(OC(C)c2ccccc2)cc1.[NH4+]. The first-order chi connectivity index (χ1) is 10.6. The summed E-state index contributed by atoms with van der Waals surface area (Å²) in [7, 11) is 0. The maximum Gasteiger partial charge on any atom is 0.243 e. The Morgan fingerprint density at radius 2 is 1.65 bits per heavy atom. The van der Waals surface area contributed by atoms with Crippen molar-refractivity contribution >= 4 is 5.91 Å². The summed E-state index contributed by atoms with van der Waals surface area (Å²) < 4.78 is 5.92. The monoisotopic (exact) mass is 317 g/mol. The van der Waals surface area contributed by atoms with Crippen molar-refractivity contribution in [2.75, 3.05) is 0 Å². The number of hydrogen-bond acceptors (Lipinski definition) is 3. The van der Waals surface area contributed by atoms with Crippen LogP contribution in [-0.4, -0.2) is 11.1 Å². The van der Waals surface area contributed by atoms with E-state index in [4.69, 9.17) is 9.94 Å². The largest absolute Gasteiger partial charge is 0.486 e. The van der Waals surface area contributed by atoms with Crippen LogP contribution in [0.5, 0.6) is 5.75 Å². The fourth-order valence-electron chi connectivity index (χ4n) is 2.31. The van der Waals surface area contributed by atoms with Gasteiger partial charge in [-0.25, -0.2) is 5.48 Å². The normalized spacial score (nSPS) is 12.7. The minimum atomic E-state index is -0.384. The Morgan fingerprint density at radius 1 is 1.04 bits per heavy atom. The number of rotatable bonds is 6. The van der Waals surface area contributed by atoms with Gasteiger partial charge in [0.25, 0.3) is 0 Å². The van der Waals surface area contributed by atoms with Gasteiger partial charge in [-0.1, -0.05) is 49.4 Å². The molecule has 0 fully saturated rings. The van der Waals surface area contributed by atoms with Crippen LogP contribution in [0.1, 0.15) is 43.4 Å². The molecule has 5 nitrogen and oxygen atoms in total. The summed E-state index contributed by atoms with van der Waals surface area (Å²) in [4.78, 5) is 11.2. The predicted molar refractivity (Wildman–Crippen MR) is 90.9 cm³/mol. The minimum Gasteiger partial charge on any atom is -0.486 e. The third-order valence-corrected chi connectivity index (χ3v) is 3.65. The number of benzene rings is 2.